The highest BCUT2D eigenvalue weighted by atomic mass is 35.5. The second-order valence-electron chi connectivity index (χ2n) is 7.73. The molecule has 0 saturated heterocycles. The fraction of sp³-hybridized carbons (Fsp3) is 0. The number of halogens is 2. The molecule has 0 bridgehead atoms. The Kier molecular flexibility index (Phi) is 5.76. The van der Waals surface area contributed by atoms with Crippen LogP contribution in [0.1, 0.15) is 10.4 Å². The average molecular weight is 487 g/mol. The summed E-state index contributed by atoms with van der Waals surface area (Å²) >= 11 is 5.77. The molecule has 0 atom stereocenters. The molecular formula is C27H16ClFN2O4. The number of nitrogens with one attached hydrogen (secondary N) is 1. The summed E-state index contributed by atoms with van der Waals surface area (Å²) in [6, 6.07) is 20.4. The van der Waals surface area contributed by atoms with E-state index in [2.05, 4.69) is 10.3 Å². The zero-order valence-corrected chi connectivity index (χ0v) is 18.7. The second-order valence-corrected chi connectivity index (χ2v) is 8.12. The zero-order chi connectivity index (χ0) is 24.5. The molecule has 8 heteroatoms. The first-order chi connectivity index (χ1) is 16.9. The van der Waals surface area contributed by atoms with E-state index in [1.165, 1.54) is 24.4 Å². The van der Waals surface area contributed by atoms with Gasteiger partial charge < -0.3 is 14.8 Å². The normalized spacial score (nSPS) is 10.9. The molecule has 6 nitrogen and oxygen atoms in total. The van der Waals surface area contributed by atoms with Crippen LogP contribution in [0.5, 0.6) is 5.75 Å². The maximum absolute atomic E-state index is 13.3. The van der Waals surface area contributed by atoms with Gasteiger partial charge in [-0.25, -0.2) is 9.37 Å². The van der Waals surface area contributed by atoms with Gasteiger partial charge in [-0.05, 0) is 59.7 Å². The van der Waals surface area contributed by atoms with Crippen LogP contribution in [0.4, 0.5) is 10.1 Å². The number of benzene rings is 3. The highest BCUT2D eigenvalue weighted by Gasteiger charge is 2.17. The van der Waals surface area contributed by atoms with E-state index in [4.69, 9.17) is 16.0 Å². The van der Waals surface area contributed by atoms with Crippen LogP contribution >= 0.6 is 11.6 Å². The molecule has 0 aliphatic heterocycles. The van der Waals surface area contributed by atoms with E-state index in [-0.39, 0.29) is 27.7 Å². The molecule has 3 aromatic carbocycles. The lowest BCUT2D eigenvalue weighted by Crippen LogP contribution is -2.12. The Labute approximate surface area is 203 Å². The third-order valence-electron chi connectivity index (χ3n) is 5.42. The number of carbonyl (C=O) groups is 1. The van der Waals surface area contributed by atoms with Crippen LogP contribution in [0.3, 0.4) is 0 Å². The summed E-state index contributed by atoms with van der Waals surface area (Å²) < 4.78 is 19.2. The first-order valence-corrected chi connectivity index (χ1v) is 10.9. The van der Waals surface area contributed by atoms with E-state index in [1.807, 2.05) is 0 Å². The van der Waals surface area contributed by atoms with Crippen LogP contribution in [0, 0.1) is 5.82 Å². The largest absolute Gasteiger partial charge is 0.502 e. The number of rotatable bonds is 4. The molecule has 2 heterocycles. The van der Waals surface area contributed by atoms with Gasteiger partial charge in [0.05, 0.1) is 10.9 Å². The van der Waals surface area contributed by atoms with Gasteiger partial charge in [-0.15, -0.1) is 0 Å². The quantitative estimate of drug-likeness (QED) is 0.292. The molecule has 2 N–H and O–H groups in total. The average Bonchev–Trinajstić information content (AvgIpc) is 2.87. The van der Waals surface area contributed by atoms with Crippen LogP contribution in [0.2, 0.25) is 5.15 Å². The lowest BCUT2D eigenvalue weighted by Gasteiger charge is -2.10. The fourth-order valence-electron chi connectivity index (χ4n) is 3.65. The van der Waals surface area contributed by atoms with Crippen molar-refractivity contribution in [3.63, 3.8) is 0 Å². The van der Waals surface area contributed by atoms with Crippen molar-refractivity contribution in [3.05, 3.63) is 112 Å². The standard InChI is InChI=1S/C27H16ClFN2O4/c28-23-11-7-18(14-30-23)27(34)31-20-3-1-2-17(12-20)26-25(33)24(32)21-10-6-16(13-22(21)35-26)15-4-8-19(29)9-5-15/h1-14,33H,(H,31,34). The van der Waals surface area contributed by atoms with Gasteiger partial charge in [-0.3, -0.25) is 9.59 Å². The molecule has 0 saturated carbocycles. The maximum Gasteiger partial charge on any atom is 0.257 e. The monoisotopic (exact) mass is 486 g/mol. The van der Waals surface area contributed by atoms with Gasteiger partial charge in [-0.2, -0.15) is 0 Å². The third-order valence-corrected chi connectivity index (χ3v) is 5.64. The van der Waals surface area contributed by atoms with E-state index in [1.54, 1.807) is 60.7 Å². The van der Waals surface area contributed by atoms with Crippen molar-refractivity contribution >= 4 is 34.2 Å². The number of nitrogens with zero attached hydrogens (tertiary/aromatic N) is 1. The fourth-order valence-corrected chi connectivity index (χ4v) is 3.76. The smallest absolute Gasteiger partial charge is 0.257 e. The lowest BCUT2D eigenvalue weighted by molar-refractivity contribution is 0.102. The predicted molar refractivity (Wildman–Crippen MR) is 132 cm³/mol. The van der Waals surface area contributed by atoms with E-state index in [9.17, 15) is 19.1 Å². The Morgan fingerprint density at radius 3 is 2.46 bits per heavy atom. The topological polar surface area (TPSA) is 92.4 Å². The van der Waals surface area contributed by atoms with Gasteiger partial charge in [-0.1, -0.05) is 41.9 Å². The SMILES string of the molecule is O=C(Nc1cccc(-c2oc3cc(-c4ccc(F)cc4)ccc3c(=O)c2O)c1)c1ccc(Cl)nc1. The molecule has 0 aliphatic carbocycles. The summed E-state index contributed by atoms with van der Waals surface area (Å²) in [4.78, 5) is 29.3. The number of anilines is 1. The number of aromatic hydroxyl groups is 1. The predicted octanol–water partition coefficient (Wildman–Crippen LogP) is 6.27. The van der Waals surface area contributed by atoms with Gasteiger partial charge in [0.2, 0.25) is 11.2 Å². The van der Waals surface area contributed by atoms with Crippen molar-refractivity contribution in [1.82, 2.24) is 4.98 Å². The number of pyridine rings is 1. The van der Waals surface area contributed by atoms with Crippen LogP contribution in [-0.4, -0.2) is 16.0 Å². The Morgan fingerprint density at radius 2 is 1.71 bits per heavy atom. The van der Waals surface area contributed by atoms with Crippen LogP contribution in [0.15, 0.2) is 94.3 Å². The molecule has 0 aliphatic rings. The van der Waals surface area contributed by atoms with Gasteiger partial charge in [0.15, 0.2) is 5.76 Å². The summed E-state index contributed by atoms with van der Waals surface area (Å²) in [6.45, 7) is 0. The minimum Gasteiger partial charge on any atom is -0.502 e. The van der Waals surface area contributed by atoms with Crippen molar-refractivity contribution in [2.75, 3.05) is 5.32 Å². The highest BCUT2D eigenvalue weighted by molar-refractivity contribution is 6.29. The number of fused-ring (bicyclic) bond motifs is 1. The van der Waals surface area contributed by atoms with E-state index < -0.39 is 17.1 Å². The number of carbonyl (C=O) groups excluding carboxylic acids is 1. The summed E-state index contributed by atoms with van der Waals surface area (Å²) in [5.74, 6) is -1.34. The summed E-state index contributed by atoms with van der Waals surface area (Å²) in [6.07, 6.45) is 1.36. The van der Waals surface area contributed by atoms with E-state index >= 15 is 0 Å². The minimum atomic E-state index is -0.589. The van der Waals surface area contributed by atoms with Gasteiger partial charge in [0.1, 0.15) is 16.6 Å². The Morgan fingerprint density at radius 1 is 0.943 bits per heavy atom. The van der Waals surface area contributed by atoms with Crippen LogP contribution in [-0.2, 0) is 0 Å². The zero-order valence-electron chi connectivity index (χ0n) is 18.0. The summed E-state index contributed by atoms with van der Waals surface area (Å²) in [5.41, 5.74) is 2.25. The second kappa shape index (κ2) is 9.04. The van der Waals surface area contributed by atoms with Gasteiger partial charge in [0, 0.05) is 17.4 Å². The molecule has 172 valence electrons. The van der Waals surface area contributed by atoms with Crippen molar-refractivity contribution in [3.8, 4) is 28.2 Å². The van der Waals surface area contributed by atoms with E-state index in [0.29, 0.717) is 16.8 Å². The number of hydrogen-bond acceptors (Lipinski definition) is 5. The maximum atomic E-state index is 13.3. The van der Waals surface area contributed by atoms with Gasteiger partial charge >= 0.3 is 0 Å². The third kappa shape index (κ3) is 4.49. The van der Waals surface area contributed by atoms with Crippen LogP contribution in [0.25, 0.3) is 33.4 Å². The Bertz CT molecular complexity index is 1630. The molecule has 2 aromatic heterocycles. The molecule has 5 rings (SSSR count). The first kappa shape index (κ1) is 22.3. The Hall–Kier alpha value is -4.49. The summed E-state index contributed by atoms with van der Waals surface area (Å²) in [5, 5.41) is 13.8. The Balaban J connectivity index is 1.53. The van der Waals surface area contributed by atoms with Crippen molar-refractivity contribution in [2.24, 2.45) is 0 Å². The minimum absolute atomic E-state index is 0.0389. The van der Waals surface area contributed by atoms with Crippen molar-refractivity contribution < 1.29 is 18.7 Å². The van der Waals surface area contributed by atoms with Gasteiger partial charge in [0.25, 0.3) is 5.91 Å². The number of amides is 1. The molecule has 35 heavy (non-hydrogen) atoms. The number of aromatic nitrogens is 1. The van der Waals surface area contributed by atoms with E-state index in [0.717, 1.165) is 11.1 Å². The molecule has 0 fully saturated rings. The highest BCUT2D eigenvalue weighted by Crippen LogP contribution is 2.33. The summed E-state index contributed by atoms with van der Waals surface area (Å²) in [7, 11) is 0. The molecule has 0 unspecified atom stereocenters. The van der Waals surface area contributed by atoms with Crippen LogP contribution < -0.4 is 10.7 Å². The van der Waals surface area contributed by atoms with Crippen molar-refractivity contribution in [2.45, 2.75) is 0 Å². The van der Waals surface area contributed by atoms with Crippen molar-refractivity contribution in [1.29, 1.82) is 0 Å². The molecule has 5 aromatic rings. The molecule has 0 radical (unpaired) electrons. The number of hydrogen-bond donors (Lipinski definition) is 2. The molecule has 0 spiro atoms. The first-order valence-electron chi connectivity index (χ1n) is 10.5. The molecular weight excluding hydrogens is 471 g/mol. The molecule has 1 amide bonds. The lowest BCUT2D eigenvalue weighted by atomic mass is 10.0.